The van der Waals surface area contributed by atoms with Gasteiger partial charge in [0.1, 0.15) is 12.4 Å². The van der Waals surface area contributed by atoms with E-state index in [2.05, 4.69) is 5.32 Å². The van der Waals surface area contributed by atoms with Gasteiger partial charge < -0.3 is 4.74 Å². The van der Waals surface area contributed by atoms with Crippen molar-refractivity contribution in [3.8, 4) is 5.75 Å². The van der Waals surface area contributed by atoms with E-state index in [0.717, 1.165) is 12.0 Å². The smallest absolute Gasteiger partial charge is 0.257 e. The zero-order chi connectivity index (χ0) is 23.0. The molecule has 0 aliphatic carbocycles. The summed E-state index contributed by atoms with van der Waals surface area (Å²) in [4.78, 5) is 39.8. The van der Waals surface area contributed by atoms with E-state index in [1.165, 1.54) is 0 Å². The van der Waals surface area contributed by atoms with Crippen molar-refractivity contribution < 1.29 is 19.1 Å². The van der Waals surface area contributed by atoms with Gasteiger partial charge in [-0.2, -0.15) is 0 Å². The van der Waals surface area contributed by atoms with Crippen LogP contribution in [0.2, 0.25) is 0 Å². The van der Waals surface area contributed by atoms with Crippen LogP contribution in [0.1, 0.15) is 39.1 Å². The third-order valence-electron chi connectivity index (χ3n) is 5.69. The Labute approximate surface area is 193 Å². The van der Waals surface area contributed by atoms with Crippen molar-refractivity contribution in [3.05, 3.63) is 102 Å². The largest absolute Gasteiger partial charge is 0.489 e. The summed E-state index contributed by atoms with van der Waals surface area (Å²) in [5.74, 6) is -0.265. The zero-order valence-corrected chi connectivity index (χ0v) is 18.3. The molecule has 4 rings (SSSR count). The van der Waals surface area contributed by atoms with Crippen LogP contribution in [-0.4, -0.2) is 41.6 Å². The number of likely N-dealkylation sites (tertiary alicyclic amines) is 1. The predicted octanol–water partition coefficient (Wildman–Crippen LogP) is 3.87. The number of carbonyl (C=O) groups excluding carboxylic acids is 3. The molecule has 3 aromatic rings. The highest BCUT2D eigenvalue weighted by atomic mass is 16.5. The van der Waals surface area contributed by atoms with Gasteiger partial charge in [0.25, 0.3) is 5.91 Å². The number of nitrogens with one attached hydrogen (secondary N) is 1. The number of nitrogens with zero attached hydrogens (tertiary/aromatic N) is 1. The van der Waals surface area contributed by atoms with Crippen LogP contribution < -0.4 is 10.1 Å². The van der Waals surface area contributed by atoms with E-state index in [0.29, 0.717) is 36.4 Å². The minimum absolute atomic E-state index is 0.0887. The summed E-state index contributed by atoms with van der Waals surface area (Å²) in [6.07, 6.45) is 1.41. The quantitative estimate of drug-likeness (QED) is 0.423. The third-order valence-corrected chi connectivity index (χ3v) is 5.69. The molecule has 1 aliphatic rings. The van der Waals surface area contributed by atoms with Crippen molar-refractivity contribution in [2.24, 2.45) is 0 Å². The van der Waals surface area contributed by atoms with Gasteiger partial charge in [-0.3, -0.25) is 24.6 Å². The highest BCUT2D eigenvalue weighted by molar-refractivity contribution is 6.06. The first kappa shape index (κ1) is 22.4. The molecule has 1 aliphatic heterocycles. The lowest BCUT2D eigenvalue weighted by atomic mass is 10.1. The molecule has 3 aromatic carbocycles. The fourth-order valence-corrected chi connectivity index (χ4v) is 3.95. The fourth-order valence-electron chi connectivity index (χ4n) is 3.95. The van der Waals surface area contributed by atoms with Crippen molar-refractivity contribution in [1.82, 2.24) is 10.2 Å². The first-order valence-electron chi connectivity index (χ1n) is 11.0. The Bertz CT molecular complexity index is 1120. The summed E-state index contributed by atoms with van der Waals surface area (Å²) in [6.45, 7) is 1.16. The number of imide groups is 1. The minimum Gasteiger partial charge on any atom is -0.489 e. The molecule has 168 valence electrons. The van der Waals surface area contributed by atoms with Gasteiger partial charge in [0.05, 0.1) is 12.6 Å². The number of amides is 2. The van der Waals surface area contributed by atoms with E-state index < -0.39 is 11.9 Å². The molecule has 6 nitrogen and oxygen atoms in total. The number of benzene rings is 3. The minimum atomic E-state index is -0.501. The van der Waals surface area contributed by atoms with Crippen LogP contribution in [0.5, 0.6) is 5.75 Å². The average molecular weight is 443 g/mol. The molecule has 6 heteroatoms. The van der Waals surface area contributed by atoms with Crippen LogP contribution in [0.15, 0.2) is 84.9 Å². The van der Waals surface area contributed by atoms with Crippen LogP contribution in [0.3, 0.4) is 0 Å². The summed E-state index contributed by atoms with van der Waals surface area (Å²) < 4.78 is 5.83. The molecule has 0 spiro atoms. The van der Waals surface area contributed by atoms with Crippen molar-refractivity contribution >= 4 is 17.6 Å². The Kier molecular flexibility index (Phi) is 7.27. The number of hydrogen-bond acceptors (Lipinski definition) is 5. The van der Waals surface area contributed by atoms with Crippen LogP contribution in [0, 0.1) is 0 Å². The van der Waals surface area contributed by atoms with Crippen molar-refractivity contribution in [3.63, 3.8) is 0 Å². The highest BCUT2D eigenvalue weighted by Gasteiger charge is 2.33. The van der Waals surface area contributed by atoms with Gasteiger partial charge in [-0.1, -0.05) is 60.7 Å². The van der Waals surface area contributed by atoms with Crippen LogP contribution in [-0.2, 0) is 11.4 Å². The molecule has 33 heavy (non-hydrogen) atoms. The van der Waals surface area contributed by atoms with Crippen molar-refractivity contribution in [2.75, 3.05) is 13.1 Å². The molecule has 1 fully saturated rings. The molecular weight excluding hydrogens is 416 g/mol. The van der Waals surface area contributed by atoms with E-state index in [9.17, 15) is 14.4 Å². The molecule has 1 saturated heterocycles. The van der Waals surface area contributed by atoms with E-state index in [1.54, 1.807) is 42.5 Å². The van der Waals surface area contributed by atoms with Gasteiger partial charge in [0.15, 0.2) is 5.78 Å². The Morgan fingerprint density at radius 2 is 1.58 bits per heavy atom. The second-order valence-corrected chi connectivity index (χ2v) is 8.04. The summed E-state index contributed by atoms with van der Waals surface area (Å²) in [5.41, 5.74) is 2.01. The Morgan fingerprint density at radius 3 is 2.33 bits per heavy atom. The van der Waals surface area contributed by atoms with E-state index >= 15 is 0 Å². The van der Waals surface area contributed by atoms with E-state index in [1.807, 2.05) is 47.4 Å². The average Bonchev–Trinajstić information content (AvgIpc) is 3.32. The van der Waals surface area contributed by atoms with Gasteiger partial charge in [-0.15, -0.1) is 0 Å². The van der Waals surface area contributed by atoms with Crippen molar-refractivity contribution in [1.29, 1.82) is 0 Å². The molecule has 0 unspecified atom stereocenters. The van der Waals surface area contributed by atoms with Gasteiger partial charge in [-0.05, 0) is 49.2 Å². The molecule has 0 aromatic heterocycles. The SMILES string of the molecule is O=C(CN1CCC[C@H]1C(=O)NC(=O)c1ccccc1)c1cccc(OCc2ccccc2)c1. The van der Waals surface area contributed by atoms with Crippen LogP contribution in [0.4, 0.5) is 0 Å². The second-order valence-electron chi connectivity index (χ2n) is 8.04. The first-order chi connectivity index (χ1) is 16.1. The van der Waals surface area contributed by atoms with Gasteiger partial charge in [-0.25, -0.2) is 0 Å². The summed E-state index contributed by atoms with van der Waals surface area (Å²) in [7, 11) is 0. The Morgan fingerprint density at radius 1 is 0.879 bits per heavy atom. The fraction of sp³-hybridized carbons (Fsp3) is 0.222. The normalized spacial score (nSPS) is 15.7. The summed E-state index contributed by atoms with van der Waals surface area (Å²) in [5, 5.41) is 2.47. The maximum absolute atomic E-state index is 12.9. The third kappa shape index (κ3) is 5.93. The van der Waals surface area contributed by atoms with E-state index in [4.69, 9.17) is 4.74 Å². The Hall–Kier alpha value is -3.77. The number of ketones is 1. The molecular formula is C27H26N2O4. The monoisotopic (exact) mass is 442 g/mol. The molecule has 0 bridgehead atoms. The van der Waals surface area contributed by atoms with Crippen molar-refractivity contribution in [2.45, 2.75) is 25.5 Å². The molecule has 1 atom stereocenters. The predicted molar refractivity (Wildman–Crippen MR) is 125 cm³/mol. The van der Waals surface area contributed by atoms with E-state index in [-0.39, 0.29) is 18.2 Å². The highest BCUT2D eigenvalue weighted by Crippen LogP contribution is 2.20. The number of hydrogen-bond donors (Lipinski definition) is 1. The van der Waals surface area contributed by atoms with Gasteiger partial charge >= 0.3 is 0 Å². The summed E-state index contributed by atoms with van der Waals surface area (Å²) in [6, 6.07) is 25.0. The number of rotatable bonds is 8. The molecule has 1 heterocycles. The lowest BCUT2D eigenvalue weighted by Crippen LogP contribution is -2.46. The standard InChI is InChI=1S/C27H26N2O4/c30-25(22-13-7-14-23(17-22)33-19-20-9-3-1-4-10-20)18-29-16-8-15-24(29)27(32)28-26(31)21-11-5-2-6-12-21/h1-7,9-14,17,24H,8,15-16,18-19H2,(H,28,31,32)/t24-/m0/s1. The second kappa shape index (κ2) is 10.7. The number of Topliss-reactive ketones (excluding diaryl/α,β-unsaturated/α-hetero) is 1. The maximum atomic E-state index is 12.9. The zero-order valence-electron chi connectivity index (χ0n) is 18.3. The first-order valence-corrected chi connectivity index (χ1v) is 11.0. The van der Waals surface area contributed by atoms with Gasteiger partial charge in [0.2, 0.25) is 5.91 Å². The van der Waals surface area contributed by atoms with Crippen LogP contribution in [0.25, 0.3) is 0 Å². The number of carbonyl (C=O) groups is 3. The Balaban J connectivity index is 1.35. The molecule has 0 saturated carbocycles. The lowest BCUT2D eigenvalue weighted by Gasteiger charge is -2.22. The summed E-state index contributed by atoms with van der Waals surface area (Å²) >= 11 is 0. The lowest BCUT2D eigenvalue weighted by molar-refractivity contribution is -0.124. The number of ether oxygens (including phenoxy) is 1. The maximum Gasteiger partial charge on any atom is 0.257 e. The molecule has 0 radical (unpaired) electrons. The van der Waals surface area contributed by atoms with Crippen LogP contribution >= 0.6 is 0 Å². The van der Waals surface area contributed by atoms with Gasteiger partial charge in [0, 0.05) is 11.1 Å². The molecule has 1 N–H and O–H groups in total. The molecule has 2 amide bonds. The topological polar surface area (TPSA) is 75.7 Å².